The number of ketones is 1. The van der Waals surface area contributed by atoms with Crippen LogP contribution in [0.5, 0.6) is 0 Å². The molecule has 0 bridgehead atoms. The van der Waals surface area contributed by atoms with Crippen LogP contribution in [0.15, 0.2) is 72.3 Å². The normalized spacial score (nSPS) is 23.8. The monoisotopic (exact) mass is 303 g/mol. The van der Waals surface area contributed by atoms with Crippen LogP contribution in [0.25, 0.3) is 0 Å². The van der Waals surface area contributed by atoms with Crippen LogP contribution in [0, 0.1) is 11.8 Å². The third-order valence-electron chi connectivity index (χ3n) is 5.00. The van der Waals surface area contributed by atoms with Gasteiger partial charge < -0.3 is 0 Å². The van der Waals surface area contributed by atoms with Gasteiger partial charge in [-0.05, 0) is 16.7 Å². The molecule has 2 unspecified atom stereocenters. The number of hydrogen-bond donors (Lipinski definition) is 0. The van der Waals surface area contributed by atoms with Gasteiger partial charge in [0.1, 0.15) is 0 Å². The van der Waals surface area contributed by atoms with E-state index in [0.717, 1.165) is 31.6 Å². The molecule has 1 heterocycles. The molecule has 1 aliphatic carbocycles. The summed E-state index contributed by atoms with van der Waals surface area (Å²) in [6, 6.07) is 20.8. The minimum atomic E-state index is 0.178. The van der Waals surface area contributed by atoms with Crippen molar-refractivity contribution >= 4 is 5.78 Å². The Hall–Kier alpha value is -2.19. The molecule has 2 nitrogen and oxygen atoms in total. The Morgan fingerprint density at radius 1 is 0.870 bits per heavy atom. The Morgan fingerprint density at radius 3 is 2.17 bits per heavy atom. The van der Waals surface area contributed by atoms with E-state index in [4.69, 9.17) is 0 Å². The molecule has 2 aromatic rings. The molecule has 4 rings (SSSR count). The highest BCUT2D eigenvalue weighted by atomic mass is 16.1. The summed E-state index contributed by atoms with van der Waals surface area (Å²) in [5.41, 5.74) is 3.58. The zero-order valence-corrected chi connectivity index (χ0v) is 13.2. The number of rotatable bonds is 4. The highest BCUT2D eigenvalue weighted by molar-refractivity contribution is 6.00. The molecule has 1 aliphatic heterocycles. The average Bonchev–Trinajstić information content (AvgIpc) is 3.09. The molecule has 0 N–H and O–H groups in total. The van der Waals surface area contributed by atoms with E-state index in [-0.39, 0.29) is 5.92 Å². The number of Topliss-reactive ketones (excluding diaryl/α,β-unsaturated/α-hetero) is 1. The number of fused-ring (bicyclic) bond motifs is 1. The van der Waals surface area contributed by atoms with Gasteiger partial charge in [-0.3, -0.25) is 9.69 Å². The molecule has 0 saturated carbocycles. The summed E-state index contributed by atoms with van der Waals surface area (Å²) in [6.07, 6.45) is 3.02. The zero-order chi connectivity index (χ0) is 15.6. The Morgan fingerprint density at radius 2 is 1.52 bits per heavy atom. The highest BCUT2D eigenvalue weighted by Crippen LogP contribution is 2.36. The summed E-state index contributed by atoms with van der Waals surface area (Å²) in [7, 11) is 0. The Kier molecular flexibility index (Phi) is 3.84. The van der Waals surface area contributed by atoms with Gasteiger partial charge in [0.15, 0.2) is 5.78 Å². The second-order valence-corrected chi connectivity index (χ2v) is 6.67. The van der Waals surface area contributed by atoms with E-state index in [1.54, 1.807) is 0 Å². The second-order valence-electron chi connectivity index (χ2n) is 6.67. The van der Waals surface area contributed by atoms with Gasteiger partial charge in [-0.1, -0.05) is 66.7 Å². The minimum Gasteiger partial charge on any atom is -0.298 e. The Balaban J connectivity index is 1.43. The van der Waals surface area contributed by atoms with E-state index >= 15 is 0 Å². The molecule has 0 amide bonds. The van der Waals surface area contributed by atoms with E-state index in [9.17, 15) is 4.79 Å². The van der Waals surface area contributed by atoms with Crippen LogP contribution in [0.2, 0.25) is 0 Å². The van der Waals surface area contributed by atoms with E-state index in [1.807, 2.05) is 24.3 Å². The molecule has 23 heavy (non-hydrogen) atoms. The number of carbonyl (C=O) groups is 1. The number of nitrogens with zero attached hydrogens (tertiary/aromatic N) is 1. The lowest BCUT2D eigenvalue weighted by molar-refractivity contribution is -0.118. The van der Waals surface area contributed by atoms with Crippen molar-refractivity contribution in [3.63, 3.8) is 0 Å². The van der Waals surface area contributed by atoms with Crippen molar-refractivity contribution in [3.05, 3.63) is 83.4 Å². The molecule has 2 atom stereocenters. The molecule has 0 radical (unpaired) electrons. The quantitative estimate of drug-likeness (QED) is 0.862. The molecule has 2 heteroatoms. The smallest absolute Gasteiger partial charge is 0.163 e. The fourth-order valence-electron chi connectivity index (χ4n) is 3.87. The first kappa shape index (κ1) is 14.4. The van der Waals surface area contributed by atoms with Gasteiger partial charge >= 0.3 is 0 Å². The molecule has 1 fully saturated rings. The molecular formula is C21H21NO. The number of allylic oxidation sites excluding steroid dienone is 1. The molecule has 2 aromatic carbocycles. The first-order valence-electron chi connectivity index (χ1n) is 8.35. The number of likely N-dealkylation sites (tertiary alicyclic amines) is 1. The third-order valence-corrected chi connectivity index (χ3v) is 5.00. The van der Waals surface area contributed by atoms with Crippen molar-refractivity contribution in [2.45, 2.75) is 13.0 Å². The largest absolute Gasteiger partial charge is 0.298 e. The van der Waals surface area contributed by atoms with Gasteiger partial charge in [-0.2, -0.15) is 0 Å². The first-order valence-corrected chi connectivity index (χ1v) is 8.35. The maximum atomic E-state index is 12.7. The van der Waals surface area contributed by atoms with Crippen LogP contribution in [0.4, 0.5) is 0 Å². The molecular weight excluding hydrogens is 282 g/mol. The zero-order valence-electron chi connectivity index (χ0n) is 13.2. The number of hydrogen-bond acceptors (Lipinski definition) is 2. The van der Waals surface area contributed by atoms with Crippen LogP contribution < -0.4 is 0 Å². The lowest BCUT2D eigenvalue weighted by Crippen LogP contribution is -2.23. The summed E-state index contributed by atoms with van der Waals surface area (Å²) in [5, 5.41) is 0. The van der Waals surface area contributed by atoms with Gasteiger partial charge in [0.25, 0.3) is 0 Å². The number of benzene rings is 2. The van der Waals surface area contributed by atoms with Gasteiger partial charge in [-0.25, -0.2) is 0 Å². The third kappa shape index (κ3) is 2.99. The predicted octanol–water partition coefficient (Wildman–Crippen LogP) is 3.49. The average molecular weight is 303 g/mol. The second kappa shape index (κ2) is 6.13. The SMILES string of the molecule is O=C1C(Cc2ccccc2)=CC2CN(Cc3ccccc3)CC12. The lowest BCUT2D eigenvalue weighted by Gasteiger charge is -2.16. The maximum Gasteiger partial charge on any atom is 0.163 e. The molecule has 1 saturated heterocycles. The van der Waals surface area contributed by atoms with Crippen molar-refractivity contribution in [3.8, 4) is 0 Å². The standard InChI is InChI=1S/C21H21NO/c23-21-18(11-16-7-3-1-4-8-16)12-19-14-22(15-20(19)21)13-17-9-5-2-6-10-17/h1-10,12,19-20H,11,13-15H2. The van der Waals surface area contributed by atoms with E-state index in [2.05, 4.69) is 47.4 Å². The van der Waals surface area contributed by atoms with Crippen molar-refractivity contribution < 1.29 is 4.79 Å². The highest BCUT2D eigenvalue weighted by Gasteiger charge is 2.41. The van der Waals surface area contributed by atoms with E-state index in [0.29, 0.717) is 11.7 Å². The number of carbonyl (C=O) groups excluding carboxylic acids is 1. The van der Waals surface area contributed by atoms with Crippen molar-refractivity contribution in [2.75, 3.05) is 13.1 Å². The predicted molar refractivity (Wildman–Crippen MR) is 91.9 cm³/mol. The van der Waals surface area contributed by atoms with E-state index in [1.165, 1.54) is 11.1 Å². The van der Waals surface area contributed by atoms with Gasteiger partial charge in [0.2, 0.25) is 0 Å². The Labute approximate surface area is 137 Å². The van der Waals surface area contributed by atoms with Crippen LogP contribution in [-0.2, 0) is 17.8 Å². The van der Waals surface area contributed by atoms with Crippen molar-refractivity contribution in [1.29, 1.82) is 0 Å². The van der Waals surface area contributed by atoms with Gasteiger partial charge in [0.05, 0.1) is 0 Å². The molecule has 0 aromatic heterocycles. The lowest BCUT2D eigenvalue weighted by atomic mass is 9.97. The van der Waals surface area contributed by atoms with Crippen LogP contribution in [-0.4, -0.2) is 23.8 Å². The van der Waals surface area contributed by atoms with E-state index < -0.39 is 0 Å². The minimum absolute atomic E-state index is 0.178. The molecule has 2 aliphatic rings. The van der Waals surface area contributed by atoms with Crippen molar-refractivity contribution in [1.82, 2.24) is 4.90 Å². The van der Waals surface area contributed by atoms with Crippen LogP contribution in [0.1, 0.15) is 11.1 Å². The maximum absolute atomic E-state index is 12.7. The fourth-order valence-corrected chi connectivity index (χ4v) is 3.87. The summed E-state index contributed by atoms with van der Waals surface area (Å²) in [6.45, 7) is 2.85. The summed E-state index contributed by atoms with van der Waals surface area (Å²) in [4.78, 5) is 15.1. The first-order chi connectivity index (χ1) is 11.3. The van der Waals surface area contributed by atoms with Crippen LogP contribution >= 0.6 is 0 Å². The van der Waals surface area contributed by atoms with Gasteiger partial charge in [0, 0.05) is 37.9 Å². The summed E-state index contributed by atoms with van der Waals surface area (Å²) < 4.78 is 0. The summed E-state index contributed by atoms with van der Waals surface area (Å²) in [5.74, 6) is 0.955. The van der Waals surface area contributed by atoms with Crippen molar-refractivity contribution in [2.24, 2.45) is 11.8 Å². The van der Waals surface area contributed by atoms with Gasteiger partial charge in [-0.15, -0.1) is 0 Å². The molecule has 0 spiro atoms. The fraction of sp³-hybridized carbons (Fsp3) is 0.286. The summed E-state index contributed by atoms with van der Waals surface area (Å²) >= 11 is 0. The Bertz CT molecular complexity index is 720. The van der Waals surface area contributed by atoms with Crippen LogP contribution in [0.3, 0.4) is 0 Å². The topological polar surface area (TPSA) is 20.3 Å². The molecule has 116 valence electrons.